The van der Waals surface area contributed by atoms with Gasteiger partial charge in [0.2, 0.25) is 5.78 Å². The molecule has 25 heavy (non-hydrogen) atoms. The molecule has 0 saturated heterocycles. The first-order valence-electron chi connectivity index (χ1n) is 7.87. The number of rotatable bonds is 7. The summed E-state index contributed by atoms with van der Waals surface area (Å²) in [6, 6.07) is 17.1. The van der Waals surface area contributed by atoms with Crippen LogP contribution in [0.3, 0.4) is 0 Å². The summed E-state index contributed by atoms with van der Waals surface area (Å²) >= 11 is 3.32. The lowest BCUT2D eigenvalue weighted by molar-refractivity contribution is 0.103. The molecule has 0 bridgehead atoms. The first kappa shape index (κ1) is 17.1. The van der Waals surface area contributed by atoms with Crippen molar-refractivity contribution in [3.63, 3.8) is 0 Å². The van der Waals surface area contributed by atoms with Crippen LogP contribution in [0.5, 0.6) is 0 Å². The predicted octanol–water partition coefficient (Wildman–Crippen LogP) is 3.99. The molecule has 0 atom stereocenters. The number of hydrogen-bond acceptors (Lipinski definition) is 5. The van der Waals surface area contributed by atoms with Gasteiger partial charge in [-0.1, -0.05) is 24.3 Å². The number of aromatic nitrogens is 2. The van der Waals surface area contributed by atoms with Crippen molar-refractivity contribution < 1.29 is 4.79 Å². The van der Waals surface area contributed by atoms with Gasteiger partial charge in [-0.2, -0.15) is 0 Å². The fourth-order valence-electron chi connectivity index (χ4n) is 2.30. The first-order chi connectivity index (χ1) is 12.2. The lowest BCUT2D eigenvalue weighted by Crippen LogP contribution is -2.15. The Morgan fingerprint density at radius 1 is 0.960 bits per heavy atom. The molecule has 1 aromatic carbocycles. The summed E-state index contributed by atoms with van der Waals surface area (Å²) in [5.74, 6) is 0.517. The van der Waals surface area contributed by atoms with Crippen molar-refractivity contribution in [2.75, 3.05) is 23.7 Å². The minimum absolute atomic E-state index is 0.153. The van der Waals surface area contributed by atoms with Gasteiger partial charge in [-0.15, -0.1) is 0 Å². The van der Waals surface area contributed by atoms with Gasteiger partial charge in [0.15, 0.2) is 0 Å². The molecule has 6 heteroatoms. The van der Waals surface area contributed by atoms with Gasteiger partial charge in [0.25, 0.3) is 0 Å². The van der Waals surface area contributed by atoms with Crippen LogP contribution in [0.2, 0.25) is 0 Å². The standard InChI is InChI=1S/C19H17BrN4O/c20-15-11-14(12-21-13-15)19(25)17-7-4-8-18(24-17)23-10-9-22-16-5-2-1-3-6-16/h1-8,11-13,22H,9-10H2,(H,23,24). The summed E-state index contributed by atoms with van der Waals surface area (Å²) in [6.45, 7) is 1.44. The summed E-state index contributed by atoms with van der Waals surface area (Å²) in [4.78, 5) is 20.9. The zero-order valence-electron chi connectivity index (χ0n) is 13.4. The van der Waals surface area contributed by atoms with Gasteiger partial charge in [-0.3, -0.25) is 9.78 Å². The Labute approximate surface area is 154 Å². The number of carbonyl (C=O) groups excluding carboxylic acids is 1. The van der Waals surface area contributed by atoms with Crippen LogP contribution in [0.1, 0.15) is 16.1 Å². The third-order valence-corrected chi connectivity index (χ3v) is 3.92. The van der Waals surface area contributed by atoms with Crippen molar-refractivity contribution in [3.05, 3.63) is 82.7 Å². The minimum atomic E-state index is -0.153. The summed E-state index contributed by atoms with van der Waals surface area (Å²) < 4.78 is 0.764. The van der Waals surface area contributed by atoms with E-state index in [0.29, 0.717) is 23.6 Å². The third-order valence-electron chi connectivity index (χ3n) is 3.48. The number of anilines is 2. The van der Waals surface area contributed by atoms with Gasteiger partial charge in [0.1, 0.15) is 11.5 Å². The smallest absolute Gasteiger partial charge is 0.213 e. The number of ketones is 1. The number of hydrogen-bond donors (Lipinski definition) is 2. The second-order valence-electron chi connectivity index (χ2n) is 5.35. The van der Waals surface area contributed by atoms with Gasteiger partial charge >= 0.3 is 0 Å². The van der Waals surface area contributed by atoms with Crippen molar-refractivity contribution >= 4 is 33.2 Å². The average molecular weight is 397 g/mol. The molecule has 0 aliphatic rings. The molecule has 126 valence electrons. The maximum Gasteiger partial charge on any atom is 0.213 e. The van der Waals surface area contributed by atoms with E-state index in [1.54, 1.807) is 24.5 Å². The molecule has 2 N–H and O–H groups in total. The molecule has 2 aromatic heterocycles. The highest BCUT2D eigenvalue weighted by atomic mass is 79.9. The summed E-state index contributed by atoms with van der Waals surface area (Å²) in [7, 11) is 0. The monoisotopic (exact) mass is 396 g/mol. The molecule has 5 nitrogen and oxygen atoms in total. The normalized spacial score (nSPS) is 10.3. The second kappa shape index (κ2) is 8.39. The number of carbonyl (C=O) groups is 1. The molecule has 0 saturated carbocycles. The quantitative estimate of drug-likeness (QED) is 0.466. The lowest BCUT2D eigenvalue weighted by Gasteiger charge is -2.09. The van der Waals surface area contributed by atoms with Crippen molar-refractivity contribution in [1.29, 1.82) is 0 Å². The van der Waals surface area contributed by atoms with Gasteiger partial charge < -0.3 is 10.6 Å². The highest BCUT2D eigenvalue weighted by Gasteiger charge is 2.11. The summed E-state index contributed by atoms with van der Waals surface area (Å²) in [6.07, 6.45) is 3.18. The molecule has 0 fully saturated rings. The SMILES string of the molecule is O=C(c1cncc(Br)c1)c1cccc(NCCNc2ccccc2)n1. The fraction of sp³-hybridized carbons (Fsp3) is 0.105. The van der Waals surface area contributed by atoms with Crippen molar-refractivity contribution in [3.8, 4) is 0 Å². The van der Waals surface area contributed by atoms with Crippen LogP contribution in [0, 0.1) is 0 Å². The minimum Gasteiger partial charge on any atom is -0.383 e. The molecule has 0 amide bonds. The average Bonchev–Trinajstić information content (AvgIpc) is 2.66. The van der Waals surface area contributed by atoms with Crippen LogP contribution >= 0.6 is 15.9 Å². The van der Waals surface area contributed by atoms with Crippen LogP contribution in [-0.2, 0) is 0 Å². The predicted molar refractivity (Wildman–Crippen MR) is 103 cm³/mol. The second-order valence-corrected chi connectivity index (χ2v) is 6.26. The number of benzene rings is 1. The van der Waals surface area contributed by atoms with E-state index in [1.807, 2.05) is 42.5 Å². The van der Waals surface area contributed by atoms with Crippen molar-refractivity contribution in [1.82, 2.24) is 9.97 Å². The van der Waals surface area contributed by atoms with Gasteiger partial charge in [0.05, 0.1) is 0 Å². The Kier molecular flexibility index (Phi) is 5.74. The topological polar surface area (TPSA) is 66.9 Å². The van der Waals surface area contributed by atoms with E-state index >= 15 is 0 Å². The maximum atomic E-state index is 12.5. The molecule has 2 heterocycles. The number of pyridine rings is 2. The highest BCUT2D eigenvalue weighted by molar-refractivity contribution is 9.10. The molecular formula is C19H17BrN4O. The fourth-order valence-corrected chi connectivity index (χ4v) is 2.66. The van der Waals surface area contributed by atoms with E-state index in [2.05, 4.69) is 36.5 Å². The van der Waals surface area contributed by atoms with Crippen molar-refractivity contribution in [2.45, 2.75) is 0 Å². The Morgan fingerprint density at radius 3 is 2.56 bits per heavy atom. The van der Waals surface area contributed by atoms with E-state index in [0.717, 1.165) is 16.7 Å². The van der Waals surface area contributed by atoms with Crippen LogP contribution in [0.4, 0.5) is 11.5 Å². The van der Waals surface area contributed by atoms with Gasteiger partial charge in [0, 0.05) is 41.2 Å². The Morgan fingerprint density at radius 2 is 1.76 bits per heavy atom. The maximum absolute atomic E-state index is 12.5. The van der Waals surface area contributed by atoms with E-state index < -0.39 is 0 Å². The van der Waals surface area contributed by atoms with E-state index in [4.69, 9.17) is 0 Å². The number of nitrogens with one attached hydrogen (secondary N) is 2. The Bertz CT molecular complexity index is 855. The molecule has 3 aromatic rings. The molecule has 0 unspecified atom stereocenters. The zero-order chi connectivity index (χ0) is 17.5. The molecular weight excluding hydrogens is 380 g/mol. The van der Waals surface area contributed by atoms with Crippen LogP contribution in [0.15, 0.2) is 71.5 Å². The van der Waals surface area contributed by atoms with E-state index in [9.17, 15) is 4.79 Å². The molecule has 0 radical (unpaired) electrons. The van der Waals surface area contributed by atoms with Crippen LogP contribution in [-0.4, -0.2) is 28.8 Å². The molecule has 0 aliphatic carbocycles. The van der Waals surface area contributed by atoms with E-state index in [1.165, 1.54) is 0 Å². The summed E-state index contributed by atoms with van der Waals surface area (Å²) in [5, 5.41) is 6.54. The number of para-hydroxylation sites is 1. The molecule has 3 rings (SSSR count). The largest absolute Gasteiger partial charge is 0.383 e. The Balaban J connectivity index is 1.59. The third kappa shape index (κ3) is 4.87. The van der Waals surface area contributed by atoms with Crippen LogP contribution < -0.4 is 10.6 Å². The number of nitrogens with zero attached hydrogens (tertiary/aromatic N) is 2. The van der Waals surface area contributed by atoms with E-state index in [-0.39, 0.29) is 5.78 Å². The molecule has 0 spiro atoms. The van der Waals surface area contributed by atoms with Crippen molar-refractivity contribution in [2.24, 2.45) is 0 Å². The Hall–Kier alpha value is -2.73. The first-order valence-corrected chi connectivity index (χ1v) is 8.67. The van der Waals surface area contributed by atoms with Crippen LogP contribution in [0.25, 0.3) is 0 Å². The zero-order valence-corrected chi connectivity index (χ0v) is 15.0. The van der Waals surface area contributed by atoms with Gasteiger partial charge in [-0.05, 0) is 46.3 Å². The number of halogens is 1. The van der Waals surface area contributed by atoms with Gasteiger partial charge in [-0.25, -0.2) is 4.98 Å². The lowest BCUT2D eigenvalue weighted by atomic mass is 10.1. The summed E-state index contributed by atoms with van der Waals surface area (Å²) in [5.41, 5.74) is 1.97. The molecule has 0 aliphatic heterocycles. The highest BCUT2D eigenvalue weighted by Crippen LogP contribution is 2.14.